The maximum absolute atomic E-state index is 5.32. The Morgan fingerprint density at radius 3 is 3.19 bits per heavy atom. The fourth-order valence-corrected chi connectivity index (χ4v) is 2.31. The molecule has 1 aromatic rings. The molecular weight excluding hydrogens is 202 g/mol. The van der Waals surface area contributed by atoms with Gasteiger partial charge in [0.1, 0.15) is 5.82 Å². The van der Waals surface area contributed by atoms with Crippen molar-refractivity contribution in [1.29, 1.82) is 0 Å². The van der Waals surface area contributed by atoms with E-state index in [4.69, 9.17) is 5.84 Å². The monoisotopic (exact) mass is 221 g/mol. The van der Waals surface area contributed by atoms with Gasteiger partial charge in [0.2, 0.25) is 5.95 Å². The van der Waals surface area contributed by atoms with Gasteiger partial charge in [0.25, 0.3) is 0 Å². The summed E-state index contributed by atoms with van der Waals surface area (Å²) in [5, 5.41) is 0. The SMILES string of the molecule is CCC1CCCCN1c1ccnc(NN)n1. The molecule has 5 heteroatoms. The zero-order valence-electron chi connectivity index (χ0n) is 9.69. The second-order valence-corrected chi connectivity index (χ2v) is 4.13. The van der Waals surface area contributed by atoms with Crippen molar-refractivity contribution in [3.05, 3.63) is 12.3 Å². The fourth-order valence-electron chi connectivity index (χ4n) is 2.31. The number of nitrogens with one attached hydrogen (secondary N) is 1. The molecule has 1 atom stereocenters. The van der Waals surface area contributed by atoms with E-state index in [2.05, 4.69) is 27.2 Å². The van der Waals surface area contributed by atoms with Gasteiger partial charge in [0, 0.05) is 18.8 Å². The van der Waals surface area contributed by atoms with Gasteiger partial charge >= 0.3 is 0 Å². The molecule has 2 rings (SSSR count). The number of hydrogen-bond donors (Lipinski definition) is 2. The van der Waals surface area contributed by atoms with Crippen molar-refractivity contribution in [3.63, 3.8) is 0 Å². The smallest absolute Gasteiger partial charge is 0.239 e. The number of hydrogen-bond acceptors (Lipinski definition) is 5. The first-order valence-corrected chi connectivity index (χ1v) is 5.91. The molecular formula is C11H19N5. The highest BCUT2D eigenvalue weighted by molar-refractivity contribution is 5.43. The summed E-state index contributed by atoms with van der Waals surface area (Å²) in [7, 11) is 0. The average Bonchev–Trinajstić information content (AvgIpc) is 2.38. The van der Waals surface area contributed by atoms with Gasteiger partial charge in [-0.2, -0.15) is 4.98 Å². The van der Waals surface area contributed by atoms with E-state index in [0.717, 1.165) is 18.8 Å². The largest absolute Gasteiger partial charge is 0.353 e. The summed E-state index contributed by atoms with van der Waals surface area (Å²) >= 11 is 0. The Morgan fingerprint density at radius 2 is 2.44 bits per heavy atom. The Morgan fingerprint density at radius 1 is 1.56 bits per heavy atom. The second-order valence-electron chi connectivity index (χ2n) is 4.13. The zero-order valence-corrected chi connectivity index (χ0v) is 9.69. The zero-order chi connectivity index (χ0) is 11.4. The number of nitrogen functional groups attached to an aromatic ring is 1. The third-order valence-electron chi connectivity index (χ3n) is 3.16. The predicted octanol–water partition coefficient (Wildman–Crippen LogP) is 1.53. The third kappa shape index (κ3) is 2.24. The molecule has 3 N–H and O–H groups in total. The van der Waals surface area contributed by atoms with E-state index in [9.17, 15) is 0 Å². The van der Waals surface area contributed by atoms with Gasteiger partial charge in [0.15, 0.2) is 0 Å². The minimum atomic E-state index is 0.484. The molecule has 0 amide bonds. The molecule has 0 aliphatic carbocycles. The molecule has 0 radical (unpaired) electrons. The molecule has 0 spiro atoms. The van der Waals surface area contributed by atoms with Gasteiger partial charge < -0.3 is 4.90 Å². The van der Waals surface area contributed by atoms with E-state index in [1.165, 1.54) is 19.3 Å². The van der Waals surface area contributed by atoms with Crippen LogP contribution in [0.25, 0.3) is 0 Å². The van der Waals surface area contributed by atoms with Crippen LogP contribution in [0.15, 0.2) is 12.3 Å². The maximum atomic E-state index is 5.32. The number of piperidine rings is 1. The van der Waals surface area contributed by atoms with E-state index in [1.807, 2.05) is 6.07 Å². The normalized spacial score (nSPS) is 20.9. The molecule has 0 aromatic carbocycles. The molecule has 1 aliphatic heterocycles. The van der Waals surface area contributed by atoms with E-state index >= 15 is 0 Å². The molecule has 1 unspecified atom stereocenters. The summed E-state index contributed by atoms with van der Waals surface area (Å²) in [5.74, 6) is 6.79. The summed E-state index contributed by atoms with van der Waals surface area (Å²) < 4.78 is 0. The molecule has 5 nitrogen and oxygen atoms in total. The van der Waals surface area contributed by atoms with E-state index in [-0.39, 0.29) is 0 Å². The molecule has 1 aliphatic rings. The molecule has 0 bridgehead atoms. The van der Waals surface area contributed by atoms with Crippen LogP contribution in [0.1, 0.15) is 32.6 Å². The number of aromatic nitrogens is 2. The molecule has 1 saturated heterocycles. The van der Waals surface area contributed by atoms with Gasteiger partial charge in [-0.1, -0.05) is 6.92 Å². The Hall–Kier alpha value is -1.36. The molecule has 1 fully saturated rings. The van der Waals surface area contributed by atoms with E-state index in [1.54, 1.807) is 6.20 Å². The van der Waals surface area contributed by atoms with Crippen LogP contribution >= 0.6 is 0 Å². The number of rotatable bonds is 3. The summed E-state index contributed by atoms with van der Waals surface area (Å²) in [6.45, 7) is 3.31. The number of nitrogens with two attached hydrogens (primary N) is 1. The summed E-state index contributed by atoms with van der Waals surface area (Å²) in [5.41, 5.74) is 2.49. The van der Waals surface area contributed by atoms with Crippen molar-refractivity contribution in [2.24, 2.45) is 5.84 Å². The predicted molar refractivity (Wildman–Crippen MR) is 65.1 cm³/mol. The van der Waals surface area contributed by atoms with Crippen molar-refractivity contribution in [1.82, 2.24) is 9.97 Å². The first-order chi connectivity index (χ1) is 7.85. The van der Waals surface area contributed by atoms with Crippen LogP contribution in [0.5, 0.6) is 0 Å². The molecule has 88 valence electrons. The van der Waals surface area contributed by atoms with Crippen molar-refractivity contribution < 1.29 is 0 Å². The standard InChI is InChI=1S/C11H19N5/c1-2-9-5-3-4-8-16(9)10-6-7-13-11(14-10)15-12/h6-7,9H,2-5,8,12H2,1H3,(H,13,14,15). The highest BCUT2D eigenvalue weighted by Gasteiger charge is 2.22. The lowest BCUT2D eigenvalue weighted by Gasteiger charge is -2.36. The van der Waals surface area contributed by atoms with Crippen molar-refractivity contribution >= 4 is 11.8 Å². The number of hydrazine groups is 1. The Bertz CT molecular complexity index is 341. The summed E-state index contributed by atoms with van der Waals surface area (Å²) in [6.07, 6.45) is 6.73. The quantitative estimate of drug-likeness (QED) is 0.598. The minimum absolute atomic E-state index is 0.484. The van der Waals surface area contributed by atoms with Gasteiger partial charge in [-0.15, -0.1) is 0 Å². The first kappa shape index (κ1) is 11.1. The van der Waals surface area contributed by atoms with Gasteiger partial charge in [0.05, 0.1) is 0 Å². The first-order valence-electron chi connectivity index (χ1n) is 5.91. The Labute approximate surface area is 96.0 Å². The number of nitrogens with zero attached hydrogens (tertiary/aromatic N) is 3. The minimum Gasteiger partial charge on any atom is -0.353 e. The summed E-state index contributed by atoms with van der Waals surface area (Å²) in [6, 6.07) is 2.56. The highest BCUT2D eigenvalue weighted by atomic mass is 15.3. The Kier molecular flexibility index (Phi) is 3.56. The molecule has 1 aromatic heterocycles. The molecule has 0 saturated carbocycles. The maximum Gasteiger partial charge on any atom is 0.239 e. The average molecular weight is 221 g/mol. The molecule has 16 heavy (non-hydrogen) atoms. The van der Waals surface area contributed by atoms with Crippen molar-refractivity contribution in [2.45, 2.75) is 38.6 Å². The van der Waals surface area contributed by atoms with Crippen LogP contribution in [0, 0.1) is 0 Å². The van der Waals surface area contributed by atoms with Crippen LogP contribution in [0.2, 0.25) is 0 Å². The van der Waals surface area contributed by atoms with Crippen LogP contribution < -0.4 is 16.2 Å². The number of anilines is 2. The van der Waals surface area contributed by atoms with Gasteiger partial charge in [-0.25, -0.2) is 10.8 Å². The lowest BCUT2D eigenvalue weighted by molar-refractivity contribution is 0.447. The van der Waals surface area contributed by atoms with Crippen LogP contribution in [0.4, 0.5) is 11.8 Å². The lowest BCUT2D eigenvalue weighted by atomic mass is 10.0. The highest BCUT2D eigenvalue weighted by Crippen LogP contribution is 2.24. The van der Waals surface area contributed by atoms with Gasteiger partial charge in [-0.05, 0) is 31.7 Å². The second kappa shape index (κ2) is 5.12. The Balaban J connectivity index is 2.20. The third-order valence-corrected chi connectivity index (χ3v) is 3.16. The topological polar surface area (TPSA) is 67.1 Å². The van der Waals surface area contributed by atoms with Crippen LogP contribution in [-0.2, 0) is 0 Å². The van der Waals surface area contributed by atoms with Crippen LogP contribution in [0.3, 0.4) is 0 Å². The van der Waals surface area contributed by atoms with Crippen LogP contribution in [-0.4, -0.2) is 22.6 Å². The van der Waals surface area contributed by atoms with Crippen molar-refractivity contribution in [3.8, 4) is 0 Å². The fraction of sp³-hybridized carbons (Fsp3) is 0.636. The van der Waals surface area contributed by atoms with E-state index < -0.39 is 0 Å². The van der Waals surface area contributed by atoms with Crippen molar-refractivity contribution in [2.75, 3.05) is 16.9 Å². The molecule has 2 heterocycles. The summed E-state index contributed by atoms with van der Waals surface area (Å²) in [4.78, 5) is 10.8. The lowest BCUT2D eigenvalue weighted by Crippen LogP contribution is -2.39. The van der Waals surface area contributed by atoms with E-state index in [0.29, 0.717) is 12.0 Å². The van der Waals surface area contributed by atoms with Gasteiger partial charge in [-0.3, -0.25) is 5.43 Å².